The van der Waals surface area contributed by atoms with Crippen molar-refractivity contribution in [2.45, 2.75) is 58.8 Å². The average Bonchev–Trinajstić information content (AvgIpc) is 2.34. The fourth-order valence-corrected chi connectivity index (χ4v) is 1.25. The molecule has 1 atom stereocenters. The molecule has 10 nitrogen and oxygen atoms in total. The van der Waals surface area contributed by atoms with E-state index in [1.165, 1.54) is 0 Å². The molecule has 0 aromatic carbocycles. The third-order valence-electron chi connectivity index (χ3n) is 2.09. The lowest BCUT2D eigenvalue weighted by molar-refractivity contribution is -0.157. The van der Waals surface area contributed by atoms with Crippen molar-refractivity contribution in [2.24, 2.45) is 0 Å². The summed E-state index contributed by atoms with van der Waals surface area (Å²) in [6.07, 6.45) is -3.08. The molecule has 2 N–H and O–H groups in total. The summed E-state index contributed by atoms with van der Waals surface area (Å²) >= 11 is 0. The molecule has 138 valence electrons. The highest BCUT2D eigenvalue weighted by Gasteiger charge is 2.27. The van der Waals surface area contributed by atoms with Gasteiger partial charge in [-0.3, -0.25) is 4.79 Å². The number of nitrogens with one attached hydrogen (secondary N) is 1. The maximum atomic E-state index is 11.5. The Morgan fingerprint density at radius 1 is 1.08 bits per heavy atom. The summed E-state index contributed by atoms with van der Waals surface area (Å²) in [7, 11) is 0. The van der Waals surface area contributed by atoms with E-state index in [1.807, 2.05) is 5.32 Å². The first-order valence-corrected chi connectivity index (χ1v) is 7.12. The zero-order chi connectivity index (χ0) is 18.9. The number of hydrogen-bond donors (Lipinski definition) is 2. The molecule has 24 heavy (non-hydrogen) atoms. The van der Waals surface area contributed by atoms with E-state index in [0.717, 1.165) is 0 Å². The number of ether oxygens (including phenoxy) is 4. The lowest BCUT2D eigenvalue weighted by Gasteiger charge is -2.21. The normalized spacial score (nSPS) is 12.1. The van der Waals surface area contributed by atoms with Crippen LogP contribution in [0.25, 0.3) is 0 Å². The summed E-state index contributed by atoms with van der Waals surface area (Å²) < 4.78 is 18.5. The van der Waals surface area contributed by atoms with Crippen molar-refractivity contribution in [1.29, 1.82) is 0 Å². The minimum absolute atomic E-state index is 0.400. The number of rotatable bonds is 7. The first-order chi connectivity index (χ1) is 10.9. The molecule has 0 aromatic heterocycles. The second-order valence-electron chi connectivity index (χ2n) is 5.94. The van der Waals surface area contributed by atoms with Crippen LogP contribution in [0.4, 0.5) is 9.59 Å². The Kier molecular flexibility index (Phi) is 8.58. The topological polar surface area (TPSA) is 137 Å². The van der Waals surface area contributed by atoms with E-state index in [0.29, 0.717) is 0 Å². The number of hydrogen-bond acceptors (Lipinski definition) is 8. The van der Waals surface area contributed by atoms with Crippen LogP contribution in [0.1, 0.15) is 41.0 Å². The molecular formula is C14H23NO9. The van der Waals surface area contributed by atoms with Gasteiger partial charge in [-0.25, -0.2) is 14.4 Å². The average molecular weight is 349 g/mol. The molecule has 0 fully saturated rings. The monoisotopic (exact) mass is 349 g/mol. The summed E-state index contributed by atoms with van der Waals surface area (Å²) in [5.41, 5.74) is -0.821. The highest BCUT2D eigenvalue weighted by Crippen LogP contribution is 2.07. The summed E-state index contributed by atoms with van der Waals surface area (Å²) in [5.74, 6) is -2.44. The Bertz CT molecular complexity index is 467. The van der Waals surface area contributed by atoms with Gasteiger partial charge in [-0.1, -0.05) is 0 Å². The van der Waals surface area contributed by atoms with Gasteiger partial charge in [0.15, 0.2) is 0 Å². The van der Waals surface area contributed by atoms with Crippen LogP contribution in [-0.4, -0.2) is 53.8 Å². The van der Waals surface area contributed by atoms with Gasteiger partial charge in [0.1, 0.15) is 11.6 Å². The smallest absolute Gasteiger partial charge is 0.480 e. The fourth-order valence-electron chi connectivity index (χ4n) is 1.25. The van der Waals surface area contributed by atoms with Crippen LogP contribution in [0.15, 0.2) is 0 Å². The third-order valence-corrected chi connectivity index (χ3v) is 2.09. The minimum atomic E-state index is -1.55. The Labute approximate surface area is 139 Å². The van der Waals surface area contributed by atoms with Gasteiger partial charge in [-0.15, -0.1) is 0 Å². The maximum Gasteiger partial charge on any atom is 0.511 e. The van der Waals surface area contributed by atoms with E-state index >= 15 is 0 Å². The number of alkyl carbamates (subject to hydrolysis) is 1. The van der Waals surface area contributed by atoms with Crippen molar-refractivity contribution in [3.63, 3.8) is 0 Å². The Balaban J connectivity index is 4.32. The van der Waals surface area contributed by atoms with Crippen LogP contribution >= 0.6 is 0 Å². The lowest BCUT2D eigenvalue weighted by atomic mass is 10.2. The molecule has 0 radical (unpaired) electrons. The van der Waals surface area contributed by atoms with Crippen molar-refractivity contribution in [2.75, 3.05) is 6.79 Å². The molecule has 1 unspecified atom stereocenters. The molecule has 0 saturated heterocycles. The molecule has 1 amide bonds. The molecule has 0 heterocycles. The molecular weight excluding hydrogens is 326 g/mol. The van der Waals surface area contributed by atoms with E-state index in [1.54, 1.807) is 34.6 Å². The van der Waals surface area contributed by atoms with Crippen LogP contribution in [-0.2, 0) is 28.5 Å². The molecule has 0 aliphatic rings. The van der Waals surface area contributed by atoms with E-state index in [4.69, 9.17) is 9.84 Å². The fraction of sp³-hybridized carbons (Fsp3) is 0.714. The van der Waals surface area contributed by atoms with E-state index in [-0.39, 0.29) is 0 Å². The van der Waals surface area contributed by atoms with Crippen LogP contribution in [0.5, 0.6) is 0 Å². The number of aliphatic carboxylic acids is 1. The summed E-state index contributed by atoms with van der Waals surface area (Å²) in [6.45, 7) is 7.28. The van der Waals surface area contributed by atoms with Gasteiger partial charge in [0.2, 0.25) is 6.79 Å². The molecule has 0 spiro atoms. The maximum absolute atomic E-state index is 11.5. The zero-order valence-electron chi connectivity index (χ0n) is 14.3. The summed E-state index contributed by atoms with van der Waals surface area (Å²) in [5, 5.41) is 11.0. The predicted molar refractivity (Wildman–Crippen MR) is 79.1 cm³/mol. The number of carbonyl (C=O) groups excluding carboxylic acids is 3. The molecule has 0 aliphatic carbocycles. The quantitative estimate of drug-likeness (QED) is 0.397. The first kappa shape index (κ1) is 21.5. The second-order valence-corrected chi connectivity index (χ2v) is 5.94. The molecule has 0 bridgehead atoms. The summed E-state index contributed by atoms with van der Waals surface area (Å²) in [4.78, 5) is 45.1. The van der Waals surface area contributed by atoms with Gasteiger partial charge in [-0.05, 0) is 34.6 Å². The van der Waals surface area contributed by atoms with Gasteiger partial charge < -0.3 is 29.4 Å². The molecule has 0 aliphatic heterocycles. The Morgan fingerprint density at radius 3 is 2.12 bits per heavy atom. The molecule has 10 heteroatoms. The number of carbonyl (C=O) groups is 4. The van der Waals surface area contributed by atoms with Crippen LogP contribution in [0.2, 0.25) is 0 Å². The standard InChI is InChI=1S/C14H23NO9/c1-8(2)23-13(20)22-7-21-10(16)6-9(11(17)18)15-12(19)24-14(3,4)5/h8-9H,6-7H2,1-5H3,(H,15,19)(H,17,18). The largest absolute Gasteiger partial charge is 0.511 e. The van der Waals surface area contributed by atoms with Gasteiger partial charge in [0.25, 0.3) is 0 Å². The van der Waals surface area contributed by atoms with E-state index < -0.39 is 55.1 Å². The van der Waals surface area contributed by atoms with Crippen LogP contribution in [0.3, 0.4) is 0 Å². The zero-order valence-corrected chi connectivity index (χ0v) is 14.3. The number of carboxylic acids is 1. The predicted octanol–water partition coefficient (Wildman–Crippen LogP) is 1.42. The van der Waals surface area contributed by atoms with Gasteiger partial charge >= 0.3 is 24.2 Å². The number of amides is 1. The number of esters is 1. The second kappa shape index (κ2) is 9.58. The molecule has 0 rings (SSSR count). The molecule has 0 aromatic rings. The lowest BCUT2D eigenvalue weighted by Crippen LogP contribution is -2.44. The van der Waals surface area contributed by atoms with Crippen LogP contribution < -0.4 is 5.32 Å². The summed E-state index contributed by atoms with van der Waals surface area (Å²) in [6, 6.07) is -1.55. The van der Waals surface area contributed by atoms with Crippen molar-refractivity contribution >= 4 is 24.2 Å². The Hall–Kier alpha value is -2.52. The van der Waals surface area contributed by atoms with E-state index in [9.17, 15) is 19.2 Å². The van der Waals surface area contributed by atoms with Gasteiger partial charge in [-0.2, -0.15) is 0 Å². The van der Waals surface area contributed by atoms with Crippen molar-refractivity contribution in [3.8, 4) is 0 Å². The minimum Gasteiger partial charge on any atom is -0.480 e. The first-order valence-electron chi connectivity index (χ1n) is 7.12. The molecule has 0 saturated carbocycles. The number of carboxylic acid groups (broad SMARTS) is 1. The van der Waals surface area contributed by atoms with Crippen molar-refractivity contribution in [3.05, 3.63) is 0 Å². The highest BCUT2D eigenvalue weighted by molar-refractivity contribution is 5.85. The van der Waals surface area contributed by atoms with Crippen molar-refractivity contribution < 1.29 is 43.2 Å². The SMILES string of the molecule is CC(C)OC(=O)OCOC(=O)CC(NC(=O)OC(C)(C)C)C(=O)O. The van der Waals surface area contributed by atoms with Crippen LogP contribution in [0, 0.1) is 0 Å². The Morgan fingerprint density at radius 2 is 1.67 bits per heavy atom. The van der Waals surface area contributed by atoms with Gasteiger partial charge in [0.05, 0.1) is 12.5 Å². The van der Waals surface area contributed by atoms with Gasteiger partial charge in [0, 0.05) is 0 Å². The highest BCUT2D eigenvalue weighted by atomic mass is 16.8. The van der Waals surface area contributed by atoms with Crippen molar-refractivity contribution in [1.82, 2.24) is 5.32 Å². The van der Waals surface area contributed by atoms with E-state index in [2.05, 4.69) is 14.2 Å². The third kappa shape index (κ3) is 11.1.